The summed E-state index contributed by atoms with van der Waals surface area (Å²) in [5.41, 5.74) is 0.554. The molecule has 0 bridgehead atoms. The van der Waals surface area contributed by atoms with E-state index in [0.717, 1.165) is 5.69 Å². The summed E-state index contributed by atoms with van der Waals surface area (Å²) in [6, 6.07) is 8.63. The van der Waals surface area contributed by atoms with E-state index in [0.29, 0.717) is 0 Å². The Morgan fingerprint density at radius 3 is 2.35 bits per heavy atom. The SMILES string of the molecule is CC(C)(C)[C@@H](CO)NC(=O)Nc1ccccc1. The van der Waals surface area contributed by atoms with Crippen LogP contribution in [0.15, 0.2) is 30.3 Å². The number of carbonyl (C=O) groups excluding carboxylic acids is 1. The van der Waals surface area contributed by atoms with Gasteiger partial charge in [0.05, 0.1) is 12.6 Å². The molecule has 1 atom stereocenters. The van der Waals surface area contributed by atoms with Gasteiger partial charge in [0.15, 0.2) is 0 Å². The van der Waals surface area contributed by atoms with E-state index in [-0.39, 0.29) is 24.1 Å². The normalized spacial score (nSPS) is 12.9. The molecule has 0 heterocycles. The van der Waals surface area contributed by atoms with Crippen LogP contribution in [0.5, 0.6) is 0 Å². The highest BCUT2D eigenvalue weighted by Crippen LogP contribution is 2.18. The van der Waals surface area contributed by atoms with Crippen LogP contribution in [-0.2, 0) is 0 Å². The fourth-order valence-corrected chi connectivity index (χ4v) is 1.38. The Labute approximate surface area is 102 Å². The first-order valence-electron chi connectivity index (χ1n) is 5.67. The molecule has 3 N–H and O–H groups in total. The first-order valence-corrected chi connectivity index (χ1v) is 5.67. The molecule has 0 saturated heterocycles. The van der Waals surface area contributed by atoms with Gasteiger partial charge in [-0.05, 0) is 17.5 Å². The summed E-state index contributed by atoms with van der Waals surface area (Å²) in [5.74, 6) is 0. The molecular weight excluding hydrogens is 216 g/mol. The molecule has 0 aliphatic rings. The molecule has 1 rings (SSSR count). The highest BCUT2D eigenvalue weighted by molar-refractivity contribution is 5.89. The van der Waals surface area contributed by atoms with Gasteiger partial charge >= 0.3 is 6.03 Å². The molecule has 4 nitrogen and oxygen atoms in total. The first kappa shape index (κ1) is 13.5. The third kappa shape index (κ3) is 4.44. The Morgan fingerprint density at radius 2 is 1.88 bits per heavy atom. The van der Waals surface area contributed by atoms with Crippen molar-refractivity contribution in [2.24, 2.45) is 5.41 Å². The van der Waals surface area contributed by atoms with Crippen LogP contribution < -0.4 is 10.6 Å². The molecule has 0 aliphatic carbocycles. The van der Waals surface area contributed by atoms with Gasteiger partial charge in [-0.15, -0.1) is 0 Å². The summed E-state index contributed by atoms with van der Waals surface area (Å²) in [7, 11) is 0. The van der Waals surface area contributed by atoms with E-state index in [9.17, 15) is 9.90 Å². The van der Waals surface area contributed by atoms with E-state index in [4.69, 9.17) is 0 Å². The zero-order valence-electron chi connectivity index (χ0n) is 10.5. The van der Waals surface area contributed by atoms with Crippen molar-refractivity contribution >= 4 is 11.7 Å². The molecule has 1 aromatic rings. The second-order valence-electron chi connectivity index (χ2n) is 5.07. The lowest BCUT2D eigenvalue weighted by Gasteiger charge is -2.29. The predicted molar refractivity (Wildman–Crippen MR) is 68.9 cm³/mol. The van der Waals surface area contributed by atoms with Crippen molar-refractivity contribution in [1.82, 2.24) is 5.32 Å². The maximum Gasteiger partial charge on any atom is 0.319 e. The van der Waals surface area contributed by atoms with Gasteiger partial charge in [0, 0.05) is 5.69 Å². The number of carbonyl (C=O) groups is 1. The van der Waals surface area contributed by atoms with Crippen molar-refractivity contribution in [3.05, 3.63) is 30.3 Å². The van der Waals surface area contributed by atoms with Gasteiger partial charge in [-0.2, -0.15) is 0 Å². The van der Waals surface area contributed by atoms with Gasteiger partial charge in [0.25, 0.3) is 0 Å². The van der Waals surface area contributed by atoms with E-state index in [1.807, 2.05) is 51.1 Å². The summed E-state index contributed by atoms with van der Waals surface area (Å²) >= 11 is 0. The second kappa shape index (κ2) is 5.68. The monoisotopic (exact) mass is 236 g/mol. The van der Waals surface area contributed by atoms with Gasteiger partial charge in [0.2, 0.25) is 0 Å². The van der Waals surface area contributed by atoms with Gasteiger partial charge in [-0.1, -0.05) is 39.0 Å². The molecule has 94 valence electrons. The molecule has 0 aromatic heterocycles. The zero-order chi connectivity index (χ0) is 12.9. The van der Waals surface area contributed by atoms with Crippen molar-refractivity contribution in [2.75, 3.05) is 11.9 Å². The van der Waals surface area contributed by atoms with Crippen LogP contribution in [0.25, 0.3) is 0 Å². The van der Waals surface area contributed by atoms with Crippen LogP contribution in [0, 0.1) is 5.41 Å². The van der Waals surface area contributed by atoms with E-state index < -0.39 is 0 Å². The summed E-state index contributed by atoms with van der Waals surface area (Å²) in [6.07, 6.45) is 0. The average molecular weight is 236 g/mol. The minimum absolute atomic E-state index is 0.0777. The number of hydrogen-bond donors (Lipinski definition) is 3. The number of para-hydroxylation sites is 1. The lowest BCUT2D eigenvalue weighted by molar-refractivity contribution is 0.162. The molecule has 0 unspecified atom stereocenters. The third-order valence-electron chi connectivity index (χ3n) is 2.56. The van der Waals surface area contributed by atoms with Crippen molar-refractivity contribution in [1.29, 1.82) is 0 Å². The topological polar surface area (TPSA) is 61.4 Å². The molecule has 1 aromatic carbocycles. The number of benzene rings is 1. The Balaban J connectivity index is 2.55. The molecule has 2 amide bonds. The van der Waals surface area contributed by atoms with Crippen molar-refractivity contribution in [3.8, 4) is 0 Å². The Kier molecular flexibility index (Phi) is 4.52. The van der Waals surface area contributed by atoms with E-state index in [2.05, 4.69) is 10.6 Å². The molecule has 0 spiro atoms. The number of aliphatic hydroxyl groups excluding tert-OH is 1. The van der Waals surface area contributed by atoms with Crippen LogP contribution in [-0.4, -0.2) is 23.8 Å². The fraction of sp³-hybridized carbons (Fsp3) is 0.462. The number of hydrogen-bond acceptors (Lipinski definition) is 2. The number of rotatable bonds is 3. The summed E-state index contributed by atoms with van der Waals surface area (Å²) in [5, 5.41) is 14.7. The Morgan fingerprint density at radius 1 is 1.29 bits per heavy atom. The standard InChI is InChI=1S/C13H20N2O2/c1-13(2,3)11(9-16)15-12(17)14-10-7-5-4-6-8-10/h4-8,11,16H,9H2,1-3H3,(H2,14,15,17)/t11-/m1/s1. The van der Waals surface area contributed by atoms with Crippen molar-refractivity contribution < 1.29 is 9.90 Å². The largest absolute Gasteiger partial charge is 0.394 e. The molecule has 0 radical (unpaired) electrons. The Hall–Kier alpha value is -1.55. The second-order valence-corrected chi connectivity index (χ2v) is 5.07. The molecule has 0 saturated carbocycles. The lowest BCUT2D eigenvalue weighted by atomic mass is 9.87. The van der Waals surface area contributed by atoms with Crippen LogP contribution in [0.4, 0.5) is 10.5 Å². The Bertz CT molecular complexity index is 357. The van der Waals surface area contributed by atoms with Crippen LogP contribution >= 0.6 is 0 Å². The minimum atomic E-state index is -0.301. The zero-order valence-corrected chi connectivity index (χ0v) is 10.5. The third-order valence-corrected chi connectivity index (χ3v) is 2.56. The quantitative estimate of drug-likeness (QED) is 0.753. The molecule has 4 heteroatoms. The number of amides is 2. The highest BCUT2D eigenvalue weighted by Gasteiger charge is 2.25. The number of nitrogens with one attached hydrogen (secondary N) is 2. The average Bonchev–Trinajstić information content (AvgIpc) is 2.25. The highest BCUT2D eigenvalue weighted by atomic mass is 16.3. The fourth-order valence-electron chi connectivity index (χ4n) is 1.38. The predicted octanol–water partition coefficient (Wildman–Crippen LogP) is 2.22. The summed E-state index contributed by atoms with van der Waals surface area (Å²) < 4.78 is 0. The van der Waals surface area contributed by atoms with Gasteiger partial charge in [-0.25, -0.2) is 4.79 Å². The van der Waals surface area contributed by atoms with E-state index >= 15 is 0 Å². The maximum atomic E-state index is 11.7. The molecular formula is C13H20N2O2. The van der Waals surface area contributed by atoms with Crippen molar-refractivity contribution in [3.63, 3.8) is 0 Å². The summed E-state index contributed by atoms with van der Waals surface area (Å²) in [6.45, 7) is 5.83. The van der Waals surface area contributed by atoms with Gasteiger partial charge in [0.1, 0.15) is 0 Å². The number of urea groups is 1. The molecule has 0 aliphatic heterocycles. The van der Waals surface area contributed by atoms with Crippen LogP contribution in [0.2, 0.25) is 0 Å². The van der Waals surface area contributed by atoms with Crippen LogP contribution in [0.3, 0.4) is 0 Å². The maximum absolute atomic E-state index is 11.7. The van der Waals surface area contributed by atoms with E-state index in [1.54, 1.807) is 0 Å². The number of anilines is 1. The summed E-state index contributed by atoms with van der Waals surface area (Å²) in [4.78, 5) is 11.7. The molecule has 0 fully saturated rings. The van der Waals surface area contributed by atoms with Gasteiger partial charge in [-0.3, -0.25) is 0 Å². The first-order chi connectivity index (χ1) is 7.93. The van der Waals surface area contributed by atoms with Crippen molar-refractivity contribution in [2.45, 2.75) is 26.8 Å². The van der Waals surface area contributed by atoms with Crippen LogP contribution in [0.1, 0.15) is 20.8 Å². The van der Waals surface area contributed by atoms with E-state index in [1.165, 1.54) is 0 Å². The lowest BCUT2D eigenvalue weighted by Crippen LogP contribution is -2.47. The van der Waals surface area contributed by atoms with Gasteiger partial charge < -0.3 is 15.7 Å². The number of aliphatic hydroxyl groups is 1. The smallest absolute Gasteiger partial charge is 0.319 e. The minimum Gasteiger partial charge on any atom is -0.394 e. The molecule has 17 heavy (non-hydrogen) atoms.